The van der Waals surface area contributed by atoms with Crippen molar-refractivity contribution in [2.24, 2.45) is 0 Å². The van der Waals surface area contributed by atoms with Crippen molar-refractivity contribution in [3.05, 3.63) is 92.7 Å². The lowest BCUT2D eigenvalue weighted by Gasteiger charge is -2.05. The van der Waals surface area contributed by atoms with E-state index in [9.17, 15) is 9.59 Å². The summed E-state index contributed by atoms with van der Waals surface area (Å²) in [6.07, 6.45) is 2.30. The summed E-state index contributed by atoms with van der Waals surface area (Å²) in [4.78, 5) is 27.8. The van der Waals surface area contributed by atoms with E-state index in [1.165, 1.54) is 27.5 Å². The van der Waals surface area contributed by atoms with E-state index in [-0.39, 0.29) is 12.2 Å². The fourth-order valence-corrected chi connectivity index (χ4v) is 3.63. The summed E-state index contributed by atoms with van der Waals surface area (Å²) >= 11 is 1.17. The van der Waals surface area contributed by atoms with Gasteiger partial charge in [-0.25, -0.2) is 4.98 Å². The van der Waals surface area contributed by atoms with E-state index in [1.54, 1.807) is 32.2 Å². The summed E-state index contributed by atoms with van der Waals surface area (Å²) in [6, 6.07) is 15.1. The smallest absolute Gasteiger partial charge is 0.260 e. The molecule has 0 bridgehead atoms. The monoisotopic (exact) mass is 452 g/mol. The Labute approximate surface area is 189 Å². The van der Waals surface area contributed by atoms with E-state index >= 15 is 0 Å². The van der Waals surface area contributed by atoms with Crippen LogP contribution in [0.15, 0.2) is 64.0 Å². The largest absolute Gasteiger partial charge is 0.487 e. The molecule has 1 aromatic carbocycles. The van der Waals surface area contributed by atoms with Gasteiger partial charge in [-0.05, 0) is 32.5 Å². The Bertz CT molecular complexity index is 1210. The number of nitrogens with zero attached hydrogens (tertiary/aromatic N) is 3. The van der Waals surface area contributed by atoms with Crippen molar-refractivity contribution in [2.45, 2.75) is 27.0 Å². The molecule has 0 amide bonds. The molecular weight excluding hydrogens is 428 g/mol. The molecule has 0 fully saturated rings. The van der Waals surface area contributed by atoms with Crippen molar-refractivity contribution < 1.29 is 14.1 Å². The fourth-order valence-electron chi connectivity index (χ4n) is 2.76. The lowest BCUT2D eigenvalue weighted by Crippen LogP contribution is -2.16. The molecule has 0 saturated carbocycles. The number of carbonyl (C=O) groups is 1. The predicted octanol–water partition coefficient (Wildman–Crippen LogP) is 3.70. The maximum atomic E-state index is 12.2. The number of carbonyl (C=O) groups excluding carboxylic acids is 1. The minimum absolute atomic E-state index is 0.215. The normalized spacial score (nSPS) is 10.3. The van der Waals surface area contributed by atoms with Crippen LogP contribution >= 0.6 is 11.3 Å². The highest BCUT2D eigenvalue weighted by molar-refractivity contribution is 7.15. The molecule has 0 spiro atoms. The number of aldehydes is 1. The summed E-state index contributed by atoms with van der Waals surface area (Å²) in [5.41, 5.74) is 2.30. The van der Waals surface area contributed by atoms with E-state index in [1.807, 2.05) is 25.2 Å². The standard InChI is InChI=1S/C15H13N3O4S.C8H11N/c1-9-5-11(17-22-9)8-21-12-3-4-18(14(20)6-12)15-16-10(2)13(7-19)23-15;1-9-7-8-5-3-2-4-6-8/h3-7H,8H2,1-2H3;2-6,9H,7H2,1H3. The number of benzene rings is 1. The summed E-state index contributed by atoms with van der Waals surface area (Å²) in [5.74, 6) is 1.12. The lowest BCUT2D eigenvalue weighted by molar-refractivity contribution is 0.112. The molecule has 0 atom stereocenters. The highest BCUT2D eigenvalue weighted by Gasteiger charge is 2.10. The molecular formula is C23H24N4O4S. The number of thiazole rings is 1. The Morgan fingerprint density at radius 2 is 1.97 bits per heavy atom. The highest BCUT2D eigenvalue weighted by atomic mass is 32.1. The third-order valence-corrected chi connectivity index (χ3v) is 5.39. The first kappa shape index (κ1) is 23.1. The van der Waals surface area contributed by atoms with E-state index in [0.717, 1.165) is 12.8 Å². The molecule has 0 aliphatic heterocycles. The maximum Gasteiger partial charge on any atom is 0.260 e. The van der Waals surface area contributed by atoms with Gasteiger partial charge in [-0.2, -0.15) is 0 Å². The minimum atomic E-state index is -0.287. The summed E-state index contributed by atoms with van der Waals surface area (Å²) in [5, 5.41) is 7.35. The molecule has 3 aromatic heterocycles. The third-order valence-electron chi connectivity index (χ3n) is 4.31. The minimum Gasteiger partial charge on any atom is -0.487 e. The van der Waals surface area contributed by atoms with Crippen LogP contribution in [0.1, 0.15) is 32.4 Å². The van der Waals surface area contributed by atoms with Crippen molar-refractivity contribution in [2.75, 3.05) is 7.05 Å². The van der Waals surface area contributed by atoms with Crippen molar-refractivity contribution in [3.8, 4) is 10.9 Å². The second-order valence-corrected chi connectivity index (χ2v) is 7.88. The first-order valence-electron chi connectivity index (χ1n) is 9.89. The molecule has 32 heavy (non-hydrogen) atoms. The maximum absolute atomic E-state index is 12.2. The van der Waals surface area contributed by atoms with Gasteiger partial charge in [0.1, 0.15) is 23.8 Å². The number of ether oxygens (including phenoxy) is 1. The number of aromatic nitrogens is 3. The summed E-state index contributed by atoms with van der Waals surface area (Å²) in [7, 11) is 1.95. The van der Waals surface area contributed by atoms with Crippen LogP contribution in [0.2, 0.25) is 0 Å². The molecule has 166 valence electrons. The van der Waals surface area contributed by atoms with Gasteiger partial charge in [0.05, 0.1) is 10.6 Å². The Morgan fingerprint density at radius 3 is 2.56 bits per heavy atom. The molecule has 0 saturated heterocycles. The zero-order valence-electron chi connectivity index (χ0n) is 18.1. The van der Waals surface area contributed by atoms with Gasteiger partial charge in [0.15, 0.2) is 11.4 Å². The molecule has 1 N–H and O–H groups in total. The van der Waals surface area contributed by atoms with Crippen LogP contribution in [0.5, 0.6) is 5.75 Å². The molecule has 9 heteroatoms. The number of hydrogen-bond donors (Lipinski definition) is 1. The van der Waals surface area contributed by atoms with Crippen LogP contribution < -0.4 is 15.6 Å². The number of pyridine rings is 1. The first-order valence-corrected chi connectivity index (χ1v) is 10.7. The highest BCUT2D eigenvalue weighted by Crippen LogP contribution is 2.19. The number of aryl methyl sites for hydroxylation is 2. The van der Waals surface area contributed by atoms with Crippen molar-refractivity contribution >= 4 is 17.6 Å². The number of rotatable bonds is 7. The van der Waals surface area contributed by atoms with Crippen LogP contribution in [0.3, 0.4) is 0 Å². The first-order chi connectivity index (χ1) is 15.5. The average molecular weight is 453 g/mol. The molecule has 4 aromatic rings. The molecule has 0 unspecified atom stereocenters. The topological polar surface area (TPSA) is 99.2 Å². The van der Waals surface area contributed by atoms with Crippen molar-refractivity contribution in [1.82, 2.24) is 20.0 Å². The Morgan fingerprint density at radius 1 is 1.19 bits per heavy atom. The second-order valence-electron chi connectivity index (χ2n) is 6.87. The van der Waals surface area contributed by atoms with E-state index in [4.69, 9.17) is 9.26 Å². The Hall–Kier alpha value is -3.56. The third kappa shape index (κ3) is 6.22. The van der Waals surface area contributed by atoms with Gasteiger partial charge in [0, 0.05) is 24.9 Å². The van der Waals surface area contributed by atoms with Gasteiger partial charge >= 0.3 is 0 Å². The quantitative estimate of drug-likeness (QED) is 0.427. The van der Waals surface area contributed by atoms with Crippen molar-refractivity contribution in [1.29, 1.82) is 0 Å². The lowest BCUT2D eigenvalue weighted by atomic mass is 10.2. The van der Waals surface area contributed by atoms with Gasteiger partial charge in [-0.3, -0.25) is 14.2 Å². The van der Waals surface area contributed by atoms with Gasteiger partial charge in [0.2, 0.25) is 0 Å². The average Bonchev–Trinajstić information content (AvgIpc) is 3.38. The van der Waals surface area contributed by atoms with Gasteiger partial charge in [-0.15, -0.1) is 0 Å². The summed E-state index contributed by atoms with van der Waals surface area (Å²) < 4.78 is 11.8. The van der Waals surface area contributed by atoms with E-state index < -0.39 is 0 Å². The van der Waals surface area contributed by atoms with E-state index in [2.05, 4.69) is 27.6 Å². The molecule has 8 nitrogen and oxygen atoms in total. The Balaban J connectivity index is 0.000000269. The van der Waals surface area contributed by atoms with Crippen molar-refractivity contribution in [3.63, 3.8) is 0 Å². The fraction of sp³-hybridized carbons (Fsp3) is 0.217. The van der Waals surface area contributed by atoms with E-state index in [0.29, 0.717) is 32.9 Å². The second kappa shape index (κ2) is 11.2. The van der Waals surface area contributed by atoms with Crippen LogP contribution in [-0.2, 0) is 13.2 Å². The molecule has 3 heterocycles. The zero-order valence-corrected chi connectivity index (χ0v) is 18.9. The molecule has 0 aliphatic rings. The van der Waals surface area contributed by atoms with Crippen LogP contribution in [0.4, 0.5) is 0 Å². The number of hydrogen-bond acceptors (Lipinski definition) is 8. The number of nitrogens with one attached hydrogen (secondary N) is 1. The van der Waals surface area contributed by atoms with Gasteiger partial charge < -0.3 is 14.6 Å². The van der Waals surface area contributed by atoms with Crippen LogP contribution in [-0.4, -0.2) is 28.0 Å². The van der Waals surface area contributed by atoms with Crippen LogP contribution in [0, 0.1) is 13.8 Å². The predicted molar refractivity (Wildman–Crippen MR) is 123 cm³/mol. The van der Waals surface area contributed by atoms with Crippen LogP contribution in [0.25, 0.3) is 5.13 Å². The molecule has 0 radical (unpaired) electrons. The van der Waals surface area contributed by atoms with Gasteiger partial charge in [-0.1, -0.05) is 46.8 Å². The molecule has 0 aliphatic carbocycles. The van der Waals surface area contributed by atoms with Gasteiger partial charge in [0.25, 0.3) is 5.56 Å². The SMILES string of the molecule is CNCc1ccccc1.Cc1cc(COc2ccn(-c3nc(C)c(C=O)s3)c(=O)c2)no1. The zero-order chi connectivity index (χ0) is 22.9. The Kier molecular flexibility index (Phi) is 8.07. The molecule has 4 rings (SSSR count). The summed E-state index contributed by atoms with van der Waals surface area (Å²) in [6.45, 7) is 4.70.